The Bertz CT molecular complexity index is 640. The van der Waals surface area contributed by atoms with Crippen molar-refractivity contribution in [2.75, 3.05) is 5.32 Å². The Morgan fingerprint density at radius 3 is 2.63 bits per heavy atom. The van der Waals surface area contributed by atoms with Crippen LogP contribution in [0.3, 0.4) is 0 Å². The largest absolute Gasteiger partial charge is 0.417 e. The lowest BCUT2D eigenvalue weighted by Gasteiger charge is -2.11. The Labute approximate surface area is 111 Å². The Morgan fingerprint density at radius 2 is 2.11 bits per heavy atom. The molecule has 1 aromatic carbocycles. The smallest absolute Gasteiger partial charge is 0.332 e. The van der Waals surface area contributed by atoms with E-state index in [-0.39, 0.29) is 5.69 Å². The molecular weight excluding hydrogens is 275 g/mol. The van der Waals surface area contributed by atoms with Gasteiger partial charge in [-0.1, -0.05) is 0 Å². The van der Waals surface area contributed by atoms with Gasteiger partial charge >= 0.3 is 6.18 Å². The van der Waals surface area contributed by atoms with Crippen molar-refractivity contribution in [1.82, 2.24) is 4.98 Å². The van der Waals surface area contributed by atoms with Crippen molar-refractivity contribution in [3.63, 3.8) is 0 Å². The number of thiazole rings is 1. The van der Waals surface area contributed by atoms with E-state index < -0.39 is 17.3 Å². The fourth-order valence-corrected chi connectivity index (χ4v) is 2.17. The highest BCUT2D eigenvalue weighted by molar-refractivity contribution is 7.15. The van der Waals surface area contributed by atoms with Crippen molar-refractivity contribution >= 4 is 22.2 Å². The van der Waals surface area contributed by atoms with Gasteiger partial charge in [-0.15, -0.1) is 11.3 Å². The van der Waals surface area contributed by atoms with Crippen molar-refractivity contribution < 1.29 is 13.2 Å². The van der Waals surface area contributed by atoms with Crippen LogP contribution in [-0.4, -0.2) is 4.98 Å². The van der Waals surface area contributed by atoms with E-state index in [2.05, 4.69) is 10.3 Å². The number of halogens is 3. The standard InChI is InChI=1S/C12H8F3N3S/c1-7-6-17-11(19-7)18-9-3-2-8(5-16)10(4-9)12(13,14)15/h2-4,6H,1H3,(H,17,18). The fraction of sp³-hybridized carbons (Fsp3) is 0.167. The SMILES string of the molecule is Cc1cnc(Nc2ccc(C#N)c(C(F)(F)F)c2)s1. The zero-order valence-corrected chi connectivity index (χ0v) is 10.6. The first-order chi connectivity index (χ1) is 8.90. The minimum atomic E-state index is -4.55. The van der Waals surface area contributed by atoms with Crippen LogP contribution in [-0.2, 0) is 6.18 Å². The molecule has 2 aromatic rings. The Kier molecular flexibility index (Phi) is 3.44. The van der Waals surface area contributed by atoms with E-state index in [1.807, 2.05) is 6.92 Å². The Morgan fingerprint density at radius 1 is 1.37 bits per heavy atom. The van der Waals surface area contributed by atoms with Gasteiger partial charge in [-0.05, 0) is 25.1 Å². The lowest BCUT2D eigenvalue weighted by atomic mass is 10.1. The van der Waals surface area contributed by atoms with Crippen molar-refractivity contribution in [2.45, 2.75) is 13.1 Å². The van der Waals surface area contributed by atoms with Gasteiger partial charge in [-0.3, -0.25) is 0 Å². The molecule has 1 N–H and O–H groups in total. The van der Waals surface area contributed by atoms with Crippen molar-refractivity contribution in [3.05, 3.63) is 40.4 Å². The maximum absolute atomic E-state index is 12.8. The molecule has 0 atom stereocenters. The minimum absolute atomic E-state index is 0.251. The molecular formula is C12H8F3N3S. The third-order valence-electron chi connectivity index (χ3n) is 2.32. The molecule has 0 unspecified atom stereocenters. The van der Waals surface area contributed by atoms with Crippen LogP contribution in [0.25, 0.3) is 0 Å². The molecule has 0 saturated heterocycles. The lowest BCUT2D eigenvalue weighted by molar-refractivity contribution is -0.137. The van der Waals surface area contributed by atoms with Gasteiger partial charge in [0.2, 0.25) is 0 Å². The van der Waals surface area contributed by atoms with Crippen LogP contribution in [0.1, 0.15) is 16.0 Å². The molecule has 0 amide bonds. The van der Waals surface area contributed by atoms with Crippen LogP contribution < -0.4 is 5.32 Å². The molecule has 2 rings (SSSR count). The van der Waals surface area contributed by atoms with E-state index >= 15 is 0 Å². The van der Waals surface area contributed by atoms with Gasteiger partial charge in [-0.25, -0.2) is 4.98 Å². The van der Waals surface area contributed by atoms with E-state index in [0.29, 0.717) is 5.13 Å². The maximum atomic E-state index is 12.8. The lowest BCUT2D eigenvalue weighted by Crippen LogP contribution is -2.08. The number of nitrogens with zero attached hydrogens (tertiary/aromatic N) is 2. The van der Waals surface area contributed by atoms with Crippen molar-refractivity contribution in [1.29, 1.82) is 5.26 Å². The van der Waals surface area contributed by atoms with Gasteiger partial charge in [0, 0.05) is 16.8 Å². The first-order valence-electron chi connectivity index (χ1n) is 5.21. The monoisotopic (exact) mass is 283 g/mol. The molecule has 1 heterocycles. The Hall–Kier alpha value is -2.07. The summed E-state index contributed by atoms with van der Waals surface area (Å²) in [6, 6.07) is 5.01. The van der Waals surface area contributed by atoms with Gasteiger partial charge in [-0.2, -0.15) is 18.4 Å². The Balaban J connectivity index is 2.36. The second-order valence-electron chi connectivity index (χ2n) is 3.77. The van der Waals surface area contributed by atoms with Crippen LogP contribution in [0.2, 0.25) is 0 Å². The number of benzene rings is 1. The van der Waals surface area contributed by atoms with Gasteiger partial charge < -0.3 is 5.32 Å². The highest BCUT2D eigenvalue weighted by Gasteiger charge is 2.33. The average Bonchev–Trinajstić information content (AvgIpc) is 2.73. The molecule has 0 fully saturated rings. The molecule has 7 heteroatoms. The second kappa shape index (κ2) is 4.90. The number of rotatable bonds is 2. The molecule has 1 aromatic heterocycles. The molecule has 3 nitrogen and oxygen atoms in total. The first kappa shape index (κ1) is 13.4. The van der Waals surface area contributed by atoms with E-state index in [1.54, 1.807) is 6.20 Å². The predicted octanol–water partition coefficient (Wildman–Crippen LogP) is 4.09. The number of nitrogens with one attached hydrogen (secondary N) is 1. The van der Waals surface area contributed by atoms with E-state index in [1.165, 1.54) is 23.5 Å². The van der Waals surface area contributed by atoms with Gasteiger partial charge in [0.1, 0.15) is 0 Å². The third-order valence-corrected chi connectivity index (χ3v) is 3.15. The summed E-state index contributed by atoms with van der Waals surface area (Å²) in [6.07, 6.45) is -2.93. The number of hydrogen-bond donors (Lipinski definition) is 1. The highest BCUT2D eigenvalue weighted by atomic mass is 32.1. The van der Waals surface area contributed by atoms with E-state index in [4.69, 9.17) is 5.26 Å². The van der Waals surface area contributed by atoms with Crippen LogP contribution in [0.15, 0.2) is 24.4 Å². The molecule has 0 saturated carbocycles. The van der Waals surface area contributed by atoms with Gasteiger partial charge in [0.05, 0.1) is 17.2 Å². The molecule has 0 aliphatic carbocycles. The summed E-state index contributed by atoms with van der Waals surface area (Å²) in [4.78, 5) is 4.96. The minimum Gasteiger partial charge on any atom is -0.332 e. The molecule has 0 bridgehead atoms. The molecule has 98 valence electrons. The van der Waals surface area contributed by atoms with Gasteiger partial charge in [0.25, 0.3) is 0 Å². The van der Waals surface area contributed by atoms with E-state index in [0.717, 1.165) is 17.0 Å². The summed E-state index contributed by atoms with van der Waals surface area (Å²) in [6.45, 7) is 1.85. The van der Waals surface area contributed by atoms with Crippen LogP contribution in [0.4, 0.5) is 24.0 Å². The average molecular weight is 283 g/mol. The predicted molar refractivity (Wildman–Crippen MR) is 66.3 cm³/mol. The first-order valence-corrected chi connectivity index (χ1v) is 6.02. The number of aromatic nitrogens is 1. The molecule has 0 aliphatic heterocycles. The third kappa shape index (κ3) is 3.03. The fourth-order valence-electron chi connectivity index (χ4n) is 1.49. The second-order valence-corrected chi connectivity index (χ2v) is 5.01. The van der Waals surface area contributed by atoms with Crippen molar-refractivity contribution in [3.8, 4) is 6.07 Å². The summed E-state index contributed by atoms with van der Waals surface area (Å²) in [5.74, 6) is 0. The van der Waals surface area contributed by atoms with Crippen LogP contribution >= 0.6 is 11.3 Å². The summed E-state index contributed by atoms with van der Waals surface area (Å²) in [7, 11) is 0. The number of anilines is 2. The normalized spacial score (nSPS) is 11.1. The topological polar surface area (TPSA) is 48.7 Å². The van der Waals surface area contributed by atoms with Gasteiger partial charge in [0.15, 0.2) is 5.13 Å². The summed E-state index contributed by atoms with van der Waals surface area (Å²) in [5.41, 5.74) is -1.10. The van der Waals surface area contributed by atoms with Crippen LogP contribution in [0, 0.1) is 18.3 Å². The zero-order chi connectivity index (χ0) is 14.0. The molecule has 0 radical (unpaired) electrons. The van der Waals surface area contributed by atoms with Crippen molar-refractivity contribution in [2.24, 2.45) is 0 Å². The maximum Gasteiger partial charge on any atom is 0.417 e. The quantitative estimate of drug-likeness (QED) is 0.903. The molecule has 0 aliphatic rings. The number of hydrogen-bond acceptors (Lipinski definition) is 4. The summed E-state index contributed by atoms with van der Waals surface area (Å²) < 4.78 is 38.3. The molecule has 19 heavy (non-hydrogen) atoms. The zero-order valence-electron chi connectivity index (χ0n) is 9.75. The molecule has 0 spiro atoms. The summed E-state index contributed by atoms with van der Waals surface area (Å²) >= 11 is 1.34. The number of alkyl halides is 3. The van der Waals surface area contributed by atoms with E-state index in [9.17, 15) is 13.2 Å². The highest BCUT2D eigenvalue weighted by Crippen LogP contribution is 2.34. The number of aryl methyl sites for hydroxylation is 1. The number of nitriles is 1. The summed E-state index contributed by atoms with van der Waals surface area (Å²) in [5, 5.41) is 12.0. The van der Waals surface area contributed by atoms with Crippen LogP contribution in [0.5, 0.6) is 0 Å².